The molecule has 0 saturated carbocycles. The Kier molecular flexibility index (Phi) is 6.48. The van der Waals surface area contributed by atoms with Crippen molar-refractivity contribution in [2.24, 2.45) is 17.3 Å². The van der Waals surface area contributed by atoms with Gasteiger partial charge < -0.3 is 0 Å². The fraction of sp³-hybridized carbons (Fsp3) is 1.00. The van der Waals surface area contributed by atoms with Crippen LogP contribution in [0.1, 0.15) is 73.6 Å². The van der Waals surface area contributed by atoms with Crippen molar-refractivity contribution in [3.05, 3.63) is 0 Å². The molecule has 0 heterocycles. The molecule has 0 radical (unpaired) electrons. The summed E-state index contributed by atoms with van der Waals surface area (Å²) in [4.78, 5) is 0. The topological polar surface area (TPSA) is 0 Å². The summed E-state index contributed by atoms with van der Waals surface area (Å²) in [6, 6.07) is 0. The maximum atomic E-state index is 2.44. The quantitative estimate of drug-likeness (QED) is 0.522. The highest BCUT2D eigenvalue weighted by atomic mass is 14.3. The van der Waals surface area contributed by atoms with Crippen molar-refractivity contribution in [2.45, 2.75) is 73.6 Å². The summed E-state index contributed by atoms with van der Waals surface area (Å²) in [6.07, 6.45) is 6.82. The van der Waals surface area contributed by atoms with E-state index in [0.29, 0.717) is 5.41 Å². The minimum atomic E-state index is 0.548. The molecule has 1 unspecified atom stereocenters. The minimum Gasteiger partial charge on any atom is -0.0651 e. The molecule has 0 aromatic heterocycles. The number of hydrogen-bond acceptors (Lipinski definition) is 0. The van der Waals surface area contributed by atoms with E-state index >= 15 is 0 Å². The molecular formula is C14H30. The van der Waals surface area contributed by atoms with Crippen molar-refractivity contribution < 1.29 is 0 Å². The Balaban J connectivity index is 4.04. The van der Waals surface area contributed by atoms with Gasteiger partial charge in [0, 0.05) is 0 Å². The van der Waals surface area contributed by atoms with Gasteiger partial charge >= 0.3 is 0 Å². The van der Waals surface area contributed by atoms with Crippen LogP contribution in [0.2, 0.25) is 0 Å². The molecule has 0 aliphatic carbocycles. The first-order valence-electron chi connectivity index (χ1n) is 6.45. The maximum Gasteiger partial charge on any atom is -0.0349 e. The van der Waals surface area contributed by atoms with Crippen LogP contribution in [0.15, 0.2) is 0 Å². The Labute approximate surface area is 91.5 Å². The lowest BCUT2D eigenvalue weighted by atomic mass is 9.75. The van der Waals surface area contributed by atoms with Gasteiger partial charge in [0.15, 0.2) is 0 Å². The van der Waals surface area contributed by atoms with Gasteiger partial charge in [-0.05, 0) is 30.1 Å². The first-order chi connectivity index (χ1) is 6.45. The largest absolute Gasteiger partial charge is 0.0651 e. The SMILES string of the molecule is CCC(C)CC(C)(C)CC(CC)CC. The van der Waals surface area contributed by atoms with Crippen LogP contribution in [-0.2, 0) is 0 Å². The Bertz CT molecular complexity index is 131. The Morgan fingerprint density at radius 3 is 1.71 bits per heavy atom. The van der Waals surface area contributed by atoms with Gasteiger partial charge in [0.1, 0.15) is 0 Å². The van der Waals surface area contributed by atoms with E-state index in [-0.39, 0.29) is 0 Å². The van der Waals surface area contributed by atoms with Crippen molar-refractivity contribution in [1.82, 2.24) is 0 Å². The Morgan fingerprint density at radius 1 is 0.857 bits per heavy atom. The molecule has 0 saturated heterocycles. The van der Waals surface area contributed by atoms with Gasteiger partial charge in [0.2, 0.25) is 0 Å². The van der Waals surface area contributed by atoms with Crippen LogP contribution in [0.25, 0.3) is 0 Å². The summed E-state index contributed by atoms with van der Waals surface area (Å²) < 4.78 is 0. The van der Waals surface area contributed by atoms with E-state index in [0.717, 1.165) is 11.8 Å². The summed E-state index contributed by atoms with van der Waals surface area (Å²) in [7, 11) is 0. The van der Waals surface area contributed by atoms with Crippen molar-refractivity contribution in [3.8, 4) is 0 Å². The average molecular weight is 198 g/mol. The minimum absolute atomic E-state index is 0.548. The molecule has 0 fully saturated rings. The molecule has 0 spiro atoms. The molecule has 0 aliphatic rings. The van der Waals surface area contributed by atoms with E-state index in [4.69, 9.17) is 0 Å². The zero-order valence-electron chi connectivity index (χ0n) is 11.2. The first-order valence-corrected chi connectivity index (χ1v) is 6.45. The summed E-state index contributed by atoms with van der Waals surface area (Å²) >= 11 is 0. The fourth-order valence-electron chi connectivity index (χ4n) is 2.53. The van der Waals surface area contributed by atoms with E-state index in [2.05, 4.69) is 41.5 Å². The van der Waals surface area contributed by atoms with Crippen LogP contribution < -0.4 is 0 Å². The highest BCUT2D eigenvalue weighted by Crippen LogP contribution is 2.35. The van der Waals surface area contributed by atoms with E-state index < -0.39 is 0 Å². The molecular weight excluding hydrogens is 168 g/mol. The predicted octanol–water partition coefficient (Wildman–Crippen LogP) is 5.28. The third-order valence-corrected chi connectivity index (χ3v) is 3.59. The summed E-state index contributed by atoms with van der Waals surface area (Å²) in [5, 5.41) is 0. The predicted molar refractivity (Wildman–Crippen MR) is 66.5 cm³/mol. The second-order valence-electron chi connectivity index (χ2n) is 5.77. The van der Waals surface area contributed by atoms with Crippen LogP contribution in [0, 0.1) is 17.3 Å². The maximum absolute atomic E-state index is 2.44. The van der Waals surface area contributed by atoms with E-state index in [1.165, 1.54) is 32.1 Å². The van der Waals surface area contributed by atoms with Crippen LogP contribution in [0.3, 0.4) is 0 Å². The summed E-state index contributed by atoms with van der Waals surface area (Å²) in [6.45, 7) is 14.2. The number of rotatable bonds is 7. The molecule has 0 aromatic carbocycles. The third-order valence-electron chi connectivity index (χ3n) is 3.59. The Morgan fingerprint density at radius 2 is 1.36 bits per heavy atom. The van der Waals surface area contributed by atoms with Crippen LogP contribution in [0.5, 0.6) is 0 Å². The van der Waals surface area contributed by atoms with Crippen LogP contribution in [0.4, 0.5) is 0 Å². The van der Waals surface area contributed by atoms with Crippen LogP contribution in [-0.4, -0.2) is 0 Å². The van der Waals surface area contributed by atoms with Gasteiger partial charge in [-0.3, -0.25) is 0 Å². The normalized spacial score (nSPS) is 14.8. The molecule has 0 heteroatoms. The molecule has 0 aliphatic heterocycles. The van der Waals surface area contributed by atoms with E-state index in [9.17, 15) is 0 Å². The van der Waals surface area contributed by atoms with E-state index in [1.54, 1.807) is 0 Å². The highest BCUT2D eigenvalue weighted by Gasteiger charge is 2.23. The molecule has 0 rings (SSSR count). The average Bonchev–Trinajstić information content (AvgIpc) is 2.13. The summed E-state index contributed by atoms with van der Waals surface area (Å²) in [5.41, 5.74) is 0.548. The molecule has 0 nitrogen and oxygen atoms in total. The lowest BCUT2D eigenvalue weighted by Gasteiger charge is -2.31. The third kappa shape index (κ3) is 5.67. The van der Waals surface area contributed by atoms with Gasteiger partial charge in [-0.1, -0.05) is 60.8 Å². The molecule has 86 valence electrons. The fourth-order valence-corrected chi connectivity index (χ4v) is 2.53. The van der Waals surface area contributed by atoms with Crippen LogP contribution >= 0.6 is 0 Å². The smallest absolute Gasteiger partial charge is 0.0349 e. The van der Waals surface area contributed by atoms with Gasteiger partial charge in [-0.15, -0.1) is 0 Å². The second-order valence-corrected chi connectivity index (χ2v) is 5.77. The monoisotopic (exact) mass is 198 g/mol. The van der Waals surface area contributed by atoms with Crippen molar-refractivity contribution in [1.29, 1.82) is 0 Å². The molecule has 0 N–H and O–H groups in total. The molecule has 0 bridgehead atoms. The lowest BCUT2D eigenvalue weighted by Crippen LogP contribution is -2.19. The van der Waals surface area contributed by atoms with Gasteiger partial charge in [0.25, 0.3) is 0 Å². The standard InChI is InChI=1S/C14H30/c1-7-12(4)10-14(5,6)11-13(8-2)9-3/h12-13H,7-11H2,1-6H3. The van der Waals surface area contributed by atoms with E-state index in [1.807, 2.05) is 0 Å². The lowest BCUT2D eigenvalue weighted by molar-refractivity contribution is 0.205. The molecule has 0 amide bonds. The number of hydrogen-bond donors (Lipinski definition) is 0. The summed E-state index contributed by atoms with van der Waals surface area (Å²) in [5.74, 6) is 1.83. The van der Waals surface area contributed by atoms with Crippen molar-refractivity contribution in [3.63, 3.8) is 0 Å². The Hall–Kier alpha value is 0. The van der Waals surface area contributed by atoms with Crippen molar-refractivity contribution >= 4 is 0 Å². The second kappa shape index (κ2) is 6.48. The van der Waals surface area contributed by atoms with Gasteiger partial charge in [0.05, 0.1) is 0 Å². The molecule has 14 heavy (non-hydrogen) atoms. The molecule has 1 atom stereocenters. The van der Waals surface area contributed by atoms with Crippen molar-refractivity contribution in [2.75, 3.05) is 0 Å². The first kappa shape index (κ1) is 14.0. The van der Waals surface area contributed by atoms with Gasteiger partial charge in [-0.25, -0.2) is 0 Å². The zero-order valence-corrected chi connectivity index (χ0v) is 11.2. The highest BCUT2D eigenvalue weighted by molar-refractivity contribution is 4.74. The van der Waals surface area contributed by atoms with Gasteiger partial charge in [-0.2, -0.15) is 0 Å². The molecule has 0 aromatic rings. The zero-order chi connectivity index (χ0) is 11.2.